The summed E-state index contributed by atoms with van der Waals surface area (Å²) in [5.41, 5.74) is 7.96. The van der Waals surface area contributed by atoms with E-state index in [9.17, 15) is 4.79 Å². The third-order valence-corrected chi connectivity index (χ3v) is 4.42. The standard InChI is InChI=1S/C14H15BrN2OS/c1-9-2-4-11(12(16)8-9)14(18)17-7-6-10-3-5-13(15)19-10/h2-5,8H,6-7,16H2,1H3,(H,17,18). The third kappa shape index (κ3) is 3.81. The fourth-order valence-corrected chi connectivity index (χ4v) is 3.25. The molecule has 0 aliphatic heterocycles. The van der Waals surface area contributed by atoms with Gasteiger partial charge in [-0.05, 0) is 59.1 Å². The monoisotopic (exact) mass is 338 g/mol. The predicted molar refractivity (Wildman–Crippen MR) is 83.6 cm³/mol. The Hall–Kier alpha value is -1.33. The van der Waals surface area contributed by atoms with Crippen LogP contribution in [0.1, 0.15) is 20.8 Å². The molecule has 2 rings (SSSR count). The van der Waals surface area contributed by atoms with E-state index < -0.39 is 0 Å². The Kier molecular flexibility index (Phi) is 4.61. The first-order valence-electron chi connectivity index (χ1n) is 5.95. The molecule has 0 spiro atoms. The highest BCUT2D eigenvalue weighted by Gasteiger charge is 2.09. The number of nitrogens with one attached hydrogen (secondary N) is 1. The van der Waals surface area contributed by atoms with E-state index in [0.717, 1.165) is 15.8 Å². The number of amides is 1. The highest BCUT2D eigenvalue weighted by molar-refractivity contribution is 9.11. The fraction of sp³-hybridized carbons (Fsp3) is 0.214. The molecule has 0 saturated carbocycles. The van der Waals surface area contributed by atoms with Crippen molar-refractivity contribution in [2.24, 2.45) is 0 Å². The maximum absolute atomic E-state index is 12.0. The number of carbonyl (C=O) groups excluding carboxylic acids is 1. The SMILES string of the molecule is Cc1ccc(C(=O)NCCc2ccc(Br)s2)c(N)c1. The summed E-state index contributed by atoms with van der Waals surface area (Å²) < 4.78 is 1.11. The van der Waals surface area contributed by atoms with Crippen LogP contribution in [0.5, 0.6) is 0 Å². The number of carbonyl (C=O) groups is 1. The summed E-state index contributed by atoms with van der Waals surface area (Å²) in [5, 5.41) is 2.89. The second-order valence-electron chi connectivity index (χ2n) is 4.30. The van der Waals surface area contributed by atoms with Gasteiger partial charge in [-0.3, -0.25) is 4.79 Å². The quantitative estimate of drug-likeness (QED) is 0.839. The molecule has 0 radical (unpaired) electrons. The Bertz CT molecular complexity index is 595. The summed E-state index contributed by atoms with van der Waals surface area (Å²) in [6, 6.07) is 9.54. The zero-order valence-electron chi connectivity index (χ0n) is 10.6. The van der Waals surface area contributed by atoms with Gasteiger partial charge in [-0.15, -0.1) is 11.3 Å². The highest BCUT2D eigenvalue weighted by Crippen LogP contribution is 2.22. The summed E-state index contributed by atoms with van der Waals surface area (Å²) in [6.45, 7) is 2.56. The molecule has 3 N–H and O–H groups in total. The van der Waals surface area contributed by atoms with E-state index >= 15 is 0 Å². The van der Waals surface area contributed by atoms with Crippen LogP contribution in [0.15, 0.2) is 34.1 Å². The molecule has 1 amide bonds. The average Bonchev–Trinajstić information content (AvgIpc) is 2.75. The Labute approximate surface area is 125 Å². The minimum absolute atomic E-state index is 0.117. The number of nitrogens with two attached hydrogens (primary N) is 1. The number of hydrogen-bond donors (Lipinski definition) is 2. The molecule has 3 nitrogen and oxygen atoms in total. The number of aryl methyl sites for hydroxylation is 1. The lowest BCUT2D eigenvalue weighted by Crippen LogP contribution is -2.26. The number of anilines is 1. The highest BCUT2D eigenvalue weighted by atomic mass is 79.9. The Morgan fingerprint density at radius 2 is 2.16 bits per heavy atom. The van der Waals surface area contributed by atoms with Gasteiger partial charge in [-0.1, -0.05) is 6.07 Å². The van der Waals surface area contributed by atoms with Crippen molar-refractivity contribution >= 4 is 38.9 Å². The molecule has 0 aliphatic rings. The lowest BCUT2D eigenvalue weighted by Gasteiger charge is -2.07. The van der Waals surface area contributed by atoms with Crippen LogP contribution < -0.4 is 11.1 Å². The maximum Gasteiger partial charge on any atom is 0.253 e. The Balaban J connectivity index is 1.90. The molecular weight excluding hydrogens is 324 g/mol. The molecule has 2 aromatic rings. The van der Waals surface area contributed by atoms with Gasteiger partial charge in [0.15, 0.2) is 0 Å². The second kappa shape index (κ2) is 6.21. The molecule has 0 atom stereocenters. The Morgan fingerprint density at radius 3 is 2.79 bits per heavy atom. The van der Waals surface area contributed by atoms with Crippen molar-refractivity contribution in [3.05, 3.63) is 50.1 Å². The van der Waals surface area contributed by atoms with Gasteiger partial charge in [-0.25, -0.2) is 0 Å². The maximum atomic E-state index is 12.0. The van der Waals surface area contributed by atoms with Crippen LogP contribution in [-0.4, -0.2) is 12.5 Å². The van der Waals surface area contributed by atoms with Gasteiger partial charge in [0.25, 0.3) is 5.91 Å². The molecule has 0 bridgehead atoms. The van der Waals surface area contributed by atoms with Crippen LogP contribution >= 0.6 is 27.3 Å². The van der Waals surface area contributed by atoms with Gasteiger partial charge in [0.05, 0.1) is 9.35 Å². The van der Waals surface area contributed by atoms with Crippen LogP contribution in [-0.2, 0) is 6.42 Å². The zero-order chi connectivity index (χ0) is 13.8. The van der Waals surface area contributed by atoms with E-state index in [0.29, 0.717) is 17.8 Å². The van der Waals surface area contributed by atoms with E-state index in [1.807, 2.05) is 25.1 Å². The molecule has 1 aromatic carbocycles. The smallest absolute Gasteiger partial charge is 0.253 e. The molecule has 0 unspecified atom stereocenters. The van der Waals surface area contributed by atoms with Crippen molar-refractivity contribution in [1.82, 2.24) is 5.32 Å². The summed E-state index contributed by atoms with van der Waals surface area (Å²) in [4.78, 5) is 13.2. The number of nitrogen functional groups attached to an aromatic ring is 1. The number of hydrogen-bond acceptors (Lipinski definition) is 3. The molecule has 0 saturated heterocycles. The predicted octanol–water partition coefficient (Wildman–Crippen LogP) is 3.37. The van der Waals surface area contributed by atoms with Gasteiger partial charge in [0, 0.05) is 17.1 Å². The summed E-state index contributed by atoms with van der Waals surface area (Å²) >= 11 is 5.10. The molecule has 0 fully saturated rings. The molecule has 1 aromatic heterocycles. The largest absolute Gasteiger partial charge is 0.398 e. The molecule has 19 heavy (non-hydrogen) atoms. The summed E-state index contributed by atoms with van der Waals surface area (Å²) in [7, 11) is 0. The molecule has 1 heterocycles. The lowest BCUT2D eigenvalue weighted by atomic mass is 10.1. The number of thiophene rings is 1. The minimum Gasteiger partial charge on any atom is -0.398 e. The molecule has 0 aliphatic carbocycles. The third-order valence-electron chi connectivity index (χ3n) is 2.74. The van der Waals surface area contributed by atoms with Crippen LogP contribution in [0.3, 0.4) is 0 Å². The number of benzene rings is 1. The van der Waals surface area contributed by atoms with Gasteiger partial charge in [0.1, 0.15) is 0 Å². The number of halogens is 1. The number of rotatable bonds is 4. The minimum atomic E-state index is -0.117. The van der Waals surface area contributed by atoms with E-state index in [1.165, 1.54) is 4.88 Å². The van der Waals surface area contributed by atoms with E-state index in [-0.39, 0.29) is 5.91 Å². The van der Waals surface area contributed by atoms with Gasteiger partial charge in [0.2, 0.25) is 0 Å². The van der Waals surface area contributed by atoms with Gasteiger partial charge >= 0.3 is 0 Å². The zero-order valence-corrected chi connectivity index (χ0v) is 13.0. The van der Waals surface area contributed by atoms with Gasteiger partial charge in [-0.2, -0.15) is 0 Å². The van der Waals surface area contributed by atoms with Crippen LogP contribution in [0, 0.1) is 6.92 Å². The van der Waals surface area contributed by atoms with Crippen molar-refractivity contribution < 1.29 is 4.79 Å². The second-order valence-corrected chi connectivity index (χ2v) is 6.85. The first-order chi connectivity index (χ1) is 9.06. The topological polar surface area (TPSA) is 55.1 Å². The summed E-state index contributed by atoms with van der Waals surface area (Å²) in [5.74, 6) is -0.117. The average molecular weight is 339 g/mol. The normalized spacial score (nSPS) is 10.4. The fourth-order valence-electron chi connectivity index (χ4n) is 1.77. The van der Waals surface area contributed by atoms with Crippen molar-refractivity contribution in [2.45, 2.75) is 13.3 Å². The van der Waals surface area contributed by atoms with Crippen molar-refractivity contribution in [1.29, 1.82) is 0 Å². The van der Waals surface area contributed by atoms with Gasteiger partial charge < -0.3 is 11.1 Å². The summed E-state index contributed by atoms with van der Waals surface area (Å²) in [6.07, 6.45) is 0.827. The van der Waals surface area contributed by atoms with Crippen molar-refractivity contribution in [3.63, 3.8) is 0 Å². The van der Waals surface area contributed by atoms with E-state index in [2.05, 4.69) is 27.3 Å². The molecule has 100 valence electrons. The first-order valence-corrected chi connectivity index (χ1v) is 7.56. The lowest BCUT2D eigenvalue weighted by molar-refractivity contribution is 0.0955. The van der Waals surface area contributed by atoms with Crippen molar-refractivity contribution in [2.75, 3.05) is 12.3 Å². The van der Waals surface area contributed by atoms with Crippen LogP contribution in [0.25, 0.3) is 0 Å². The van der Waals surface area contributed by atoms with E-state index in [4.69, 9.17) is 5.73 Å². The molecular formula is C14H15BrN2OS. The van der Waals surface area contributed by atoms with Crippen molar-refractivity contribution in [3.8, 4) is 0 Å². The van der Waals surface area contributed by atoms with E-state index in [1.54, 1.807) is 17.4 Å². The van der Waals surface area contributed by atoms with Crippen LogP contribution in [0.2, 0.25) is 0 Å². The first kappa shape index (κ1) is 14.1. The van der Waals surface area contributed by atoms with Crippen LogP contribution in [0.4, 0.5) is 5.69 Å². The Morgan fingerprint density at radius 1 is 1.37 bits per heavy atom. The molecule has 5 heteroatoms.